The van der Waals surface area contributed by atoms with Crippen LogP contribution in [0.3, 0.4) is 0 Å². The molecule has 0 saturated heterocycles. The Kier molecular flexibility index (Phi) is 6.52. The molecule has 0 aromatic heterocycles. The summed E-state index contributed by atoms with van der Waals surface area (Å²) < 4.78 is 16.7. The van der Waals surface area contributed by atoms with Gasteiger partial charge in [-0.2, -0.15) is 0 Å². The number of ether oxygens (including phenoxy) is 3. The van der Waals surface area contributed by atoms with E-state index in [1.807, 2.05) is 6.92 Å². The summed E-state index contributed by atoms with van der Waals surface area (Å²) in [5.41, 5.74) is 2.28. The van der Waals surface area contributed by atoms with Crippen LogP contribution in [-0.4, -0.2) is 46.0 Å². The van der Waals surface area contributed by atoms with Crippen molar-refractivity contribution in [2.45, 2.75) is 32.9 Å². The number of hydrogen-bond acceptors (Lipinski definition) is 4. The molecule has 1 heterocycles. The number of hydrogen-bond donors (Lipinski definition) is 2. The van der Waals surface area contributed by atoms with Crippen molar-refractivity contribution in [1.29, 1.82) is 0 Å². The van der Waals surface area contributed by atoms with Crippen LogP contribution in [0.15, 0.2) is 17.1 Å². The summed E-state index contributed by atoms with van der Waals surface area (Å²) >= 11 is 0. The fraction of sp³-hybridized carbons (Fsp3) is 0.588. The second-order valence-electron chi connectivity index (χ2n) is 5.48. The van der Waals surface area contributed by atoms with Gasteiger partial charge in [-0.05, 0) is 26.0 Å². The monoisotopic (exact) mass is 321 g/mol. The number of fused-ring (bicyclic) bond motifs is 1. The molecule has 23 heavy (non-hydrogen) atoms. The van der Waals surface area contributed by atoms with Crippen LogP contribution in [0.2, 0.25) is 0 Å². The average molecular weight is 321 g/mol. The zero-order valence-electron chi connectivity index (χ0n) is 14.4. The summed E-state index contributed by atoms with van der Waals surface area (Å²) in [6, 6.07) is 4.17. The molecule has 0 saturated carbocycles. The normalized spacial score (nSPS) is 16.7. The van der Waals surface area contributed by atoms with Crippen LogP contribution in [0, 0.1) is 0 Å². The third-order valence-electron chi connectivity index (χ3n) is 3.65. The first-order valence-electron chi connectivity index (χ1n) is 8.06. The highest BCUT2D eigenvalue weighted by Crippen LogP contribution is 2.35. The second kappa shape index (κ2) is 8.62. The highest BCUT2D eigenvalue weighted by atomic mass is 16.5. The van der Waals surface area contributed by atoms with Gasteiger partial charge in [0.15, 0.2) is 5.96 Å². The van der Waals surface area contributed by atoms with Gasteiger partial charge in [0.05, 0.1) is 13.2 Å². The number of benzene rings is 1. The quantitative estimate of drug-likeness (QED) is 0.455. The molecule has 0 aliphatic carbocycles. The Hall–Kier alpha value is -1.95. The molecular weight excluding hydrogens is 294 g/mol. The van der Waals surface area contributed by atoms with E-state index >= 15 is 0 Å². The minimum Gasteiger partial charge on any atom is -0.494 e. The third-order valence-corrected chi connectivity index (χ3v) is 3.65. The molecular formula is C17H27N3O3. The number of guanidine groups is 1. The smallest absolute Gasteiger partial charge is 0.191 e. The molecule has 6 nitrogen and oxygen atoms in total. The molecule has 0 amide bonds. The Bertz CT molecular complexity index is 546. The number of nitrogens with one attached hydrogen (secondary N) is 2. The lowest BCUT2D eigenvalue weighted by Gasteiger charge is -2.15. The zero-order chi connectivity index (χ0) is 16.7. The summed E-state index contributed by atoms with van der Waals surface area (Å²) in [6.07, 6.45) is 1.16. The van der Waals surface area contributed by atoms with Gasteiger partial charge < -0.3 is 24.8 Å². The predicted octanol–water partition coefficient (Wildman–Crippen LogP) is 1.72. The Morgan fingerprint density at radius 3 is 2.91 bits per heavy atom. The summed E-state index contributed by atoms with van der Waals surface area (Å²) in [4.78, 5) is 4.20. The van der Waals surface area contributed by atoms with E-state index < -0.39 is 0 Å². The topological polar surface area (TPSA) is 64.1 Å². The van der Waals surface area contributed by atoms with E-state index in [1.54, 1.807) is 14.2 Å². The summed E-state index contributed by atoms with van der Waals surface area (Å²) in [6.45, 7) is 6.68. The zero-order valence-corrected chi connectivity index (χ0v) is 14.4. The minimum absolute atomic E-state index is 0.228. The van der Waals surface area contributed by atoms with E-state index in [4.69, 9.17) is 14.2 Å². The third kappa shape index (κ3) is 4.76. The molecule has 1 unspecified atom stereocenters. The molecule has 0 spiro atoms. The summed E-state index contributed by atoms with van der Waals surface area (Å²) in [5, 5.41) is 6.49. The van der Waals surface area contributed by atoms with Crippen molar-refractivity contribution in [1.82, 2.24) is 10.6 Å². The van der Waals surface area contributed by atoms with Gasteiger partial charge in [-0.3, -0.25) is 4.99 Å². The van der Waals surface area contributed by atoms with Crippen LogP contribution < -0.4 is 20.1 Å². The molecule has 2 N–H and O–H groups in total. The Labute approximate surface area is 138 Å². The molecule has 2 rings (SSSR count). The Balaban J connectivity index is 2.05. The van der Waals surface area contributed by atoms with Crippen molar-refractivity contribution in [3.8, 4) is 11.5 Å². The fourth-order valence-corrected chi connectivity index (χ4v) is 2.58. The van der Waals surface area contributed by atoms with Crippen LogP contribution in [0.4, 0.5) is 0 Å². The van der Waals surface area contributed by atoms with E-state index in [2.05, 4.69) is 34.7 Å². The van der Waals surface area contributed by atoms with E-state index in [0.29, 0.717) is 26.3 Å². The van der Waals surface area contributed by atoms with Gasteiger partial charge in [0.2, 0.25) is 0 Å². The molecule has 1 aromatic rings. The number of nitrogens with zero attached hydrogens (tertiary/aromatic N) is 1. The second-order valence-corrected chi connectivity index (χ2v) is 5.48. The SMILES string of the molecule is CCOc1cc2c(cc1CNC(=NC)NCCOC)OC(C)C2. The van der Waals surface area contributed by atoms with E-state index in [1.165, 1.54) is 5.56 Å². The first-order chi connectivity index (χ1) is 11.2. The van der Waals surface area contributed by atoms with E-state index in [9.17, 15) is 0 Å². The molecule has 0 bridgehead atoms. The standard InChI is InChI=1S/C17H27N3O3/c1-5-22-15-9-13-8-12(2)23-16(13)10-14(15)11-20-17(18-3)19-6-7-21-4/h9-10,12H,5-8,11H2,1-4H3,(H2,18,19,20). The molecule has 1 aliphatic rings. The van der Waals surface area contributed by atoms with Crippen molar-refractivity contribution in [2.24, 2.45) is 4.99 Å². The van der Waals surface area contributed by atoms with E-state index in [-0.39, 0.29) is 6.10 Å². The van der Waals surface area contributed by atoms with Gasteiger partial charge in [0.25, 0.3) is 0 Å². The maximum Gasteiger partial charge on any atom is 0.191 e. The Morgan fingerprint density at radius 2 is 2.22 bits per heavy atom. The van der Waals surface area contributed by atoms with Gasteiger partial charge in [-0.15, -0.1) is 0 Å². The predicted molar refractivity (Wildman–Crippen MR) is 91.5 cm³/mol. The maximum absolute atomic E-state index is 5.85. The molecule has 0 radical (unpaired) electrons. The lowest BCUT2D eigenvalue weighted by molar-refractivity contribution is 0.203. The highest BCUT2D eigenvalue weighted by molar-refractivity contribution is 5.79. The van der Waals surface area contributed by atoms with Gasteiger partial charge in [-0.1, -0.05) is 0 Å². The van der Waals surface area contributed by atoms with E-state index in [0.717, 1.165) is 29.4 Å². The fourth-order valence-electron chi connectivity index (χ4n) is 2.58. The highest BCUT2D eigenvalue weighted by Gasteiger charge is 2.21. The summed E-state index contributed by atoms with van der Waals surface area (Å²) in [5.74, 6) is 2.60. The van der Waals surface area contributed by atoms with Gasteiger partial charge in [0.1, 0.15) is 17.6 Å². The lowest BCUT2D eigenvalue weighted by atomic mass is 10.1. The van der Waals surface area contributed by atoms with Crippen LogP contribution >= 0.6 is 0 Å². The molecule has 0 fully saturated rings. The number of rotatable bonds is 7. The van der Waals surface area contributed by atoms with Crippen molar-refractivity contribution in [3.63, 3.8) is 0 Å². The van der Waals surface area contributed by atoms with Crippen LogP contribution in [0.5, 0.6) is 11.5 Å². The number of methoxy groups -OCH3 is 1. The molecule has 6 heteroatoms. The van der Waals surface area contributed by atoms with Gasteiger partial charge in [0, 0.05) is 44.8 Å². The van der Waals surface area contributed by atoms with Gasteiger partial charge >= 0.3 is 0 Å². The number of aliphatic imine (C=N–C) groups is 1. The largest absolute Gasteiger partial charge is 0.494 e. The van der Waals surface area contributed by atoms with Crippen LogP contribution in [-0.2, 0) is 17.7 Å². The van der Waals surface area contributed by atoms with Crippen molar-refractivity contribution < 1.29 is 14.2 Å². The molecule has 1 aromatic carbocycles. The van der Waals surface area contributed by atoms with Crippen LogP contribution in [0.1, 0.15) is 25.0 Å². The summed E-state index contributed by atoms with van der Waals surface area (Å²) in [7, 11) is 3.43. The van der Waals surface area contributed by atoms with Crippen molar-refractivity contribution in [3.05, 3.63) is 23.3 Å². The first-order valence-corrected chi connectivity index (χ1v) is 8.06. The minimum atomic E-state index is 0.228. The molecule has 1 aliphatic heterocycles. The molecule has 1 atom stereocenters. The maximum atomic E-state index is 5.85. The van der Waals surface area contributed by atoms with Crippen LogP contribution in [0.25, 0.3) is 0 Å². The van der Waals surface area contributed by atoms with Crippen molar-refractivity contribution in [2.75, 3.05) is 33.9 Å². The average Bonchev–Trinajstić information content (AvgIpc) is 2.90. The Morgan fingerprint density at radius 1 is 1.39 bits per heavy atom. The lowest BCUT2D eigenvalue weighted by Crippen LogP contribution is -2.38. The molecule has 128 valence electrons. The van der Waals surface area contributed by atoms with Gasteiger partial charge in [-0.25, -0.2) is 0 Å². The van der Waals surface area contributed by atoms with Crippen molar-refractivity contribution >= 4 is 5.96 Å². The first kappa shape index (κ1) is 17.4.